The minimum Gasteiger partial charge on any atom is -0.497 e. The molecule has 0 bridgehead atoms. The number of ether oxygens (including phenoxy) is 3. The van der Waals surface area contributed by atoms with Gasteiger partial charge in [-0.05, 0) is 29.8 Å². The molecule has 10 heteroatoms. The Labute approximate surface area is 211 Å². The lowest BCUT2D eigenvalue weighted by Crippen LogP contribution is -2.26. The van der Waals surface area contributed by atoms with Crippen LogP contribution in [0, 0.1) is 0 Å². The predicted molar refractivity (Wildman–Crippen MR) is 137 cm³/mol. The lowest BCUT2D eigenvalue weighted by atomic mass is 10.2. The van der Waals surface area contributed by atoms with Crippen LogP contribution in [0.1, 0.15) is 17.0 Å². The fourth-order valence-corrected chi connectivity index (χ4v) is 4.22. The van der Waals surface area contributed by atoms with Crippen molar-refractivity contribution >= 4 is 10.9 Å². The highest BCUT2D eigenvalue weighted by atomic mass is 16.5. The summed E-state index contributed by atoms with van der Waals surface area (Å²) in [5, 5.41) is 3.41. The van der Waals surface area contributed by atoms with Crippen LogP contribution in [-0.2, 0) is 24.5 Å². The second-order valence-electron chi connectivity index (χ2n) is 8.27. The van der Waals surface area contributed by atoms with Crippen LogP contribution in [0.5, 0.6) is 11.5 Å². The van der Waals surface area contributed by atoms with E-state index in [1.54, 1.807) is 43.9 Å². The Morgan fingerprint density at radius 2 is 1.81 bits per heavy atom. The number of para-hydroxylation sites is 2. The Hall–Kier alpha value is -4.70. The standard InChI is InChI=1S/C27H25N5O5/c1-35-20-7-5-6-18(12-20)16-37-17-23-26-21(13-25(33)31(23)15-19-14-28-10-11-29-19)30-32(27(26)34)22-8-3-4-9-24(22)36-2/h3-14,30H,15-17H2,1-2H3. The lowest BCUT2D eigenvalue weighted by Gasteiger charge is -2.14. The molecule has 37 heavy (non-hydrogen) atoms. The largest absolute Gasteiger partial charge is 0.497 e. The molecule has 2 aromatic carbocycles. The summed E-state index contributed by atoms with van der Waals surface area (Å²) in [6.45, 7) is 0.418. The molecule has 1 N–H and O–H groups in total. The molecule has 0 amide bonds. The summed E-state index contributed by atoms with van der Waals surface area (Å²) in [6.07, 6.45) is 4.70. The quantitative estimate of drug-likeness (QED) is 0.332. The number of H-pyrrole nitrogens is 1. The molecule has 0 aliphatic heterocycles. The number of rotatable bonds is 9. The van der Waals surface area contributed by atoms with Crippen molar-refractivity contribution in [2.24, 2.45) is 0 Å². The molecule has 3 aromatic heterocycles. The van der Waals surface area contributed by atoms with Gasteiger partial charge in [-0.2, -0.15) is 0 Å². The molecule has 0 saturated heterocycles. The van der Waals surface area contributed by atoms with E-state index in [9.17, 15) is 9.59 Å². The number of nitrogens with zero attached hydrogens (tertiary/aromatic N) is 4. The molecule has 5 rings (SSSR count). The average molecular weight is 500 g/mol. The Balaban J connectivity index is 1.61. The number of aromatic nitrogens is 5. The van der Waals surface area contributed by atoms with E-state index >= 15 is 0 Å². The van der Waals surface area contributed by atoms with E-state index in [0.717, 1.165) is 5.56 Å². The molecular formula is C27H25N5O5. The maximum absolute atomic E-state index is 13.7. The average Bonchev–Trinajstić information content (AvgIpc) is 3.26. The number of fused-ring (bicyclic) bond motifs is 1. The molecule has 0 atom stereocenters. The molecule has 5 aromatic rings. The number of nitrogens with one attached hydrogen (secondary N) is 1. The van der Waals surface area contributed by atoms with E-state index in [2.05, 4.69) is 15.1 Å². The van der Waals surface area contributed by atoms with Crippen molar-refractivity contribution in [3.63, 3.8) is 0 Å². The molecule has 0 unspecified atom stereocenters. The zero-order valence-corrected chi connectivity index (χ0v) is 20.4. The van der Waals surface area contributed by atoms with E-state index in [0.29, 0.717) is 39.5 Å². The predicted octanol–water partition coefficient (Wildman–Crippen LogP) is 3.05. The first kappa shape index (κ1) is 24.0. The summed E-state index contributed by atoms with van der Waals surface area (Å²) in [5.41, 5.74) is 2.22. The number of aromatic amines is 1. The molecular weight excluding hydrogens is 474 g/mol. The molecule has 0 aliphatic rings. The van der Waals surface area contributed by atoms with Crippen molar-refractivity contribution in [3.05, 3.63) is 111 Å². The van der Waals surface area contributed by atoms with Gasteiger partial charge >= 0.3 is 0 Å². The topological polar surface area (TPSA) is 113 Å². The van der Waals surface area contributed by atoms with Crippen LogP contribution in [0.3, 0.4) is 0 Å². The van der Waals surface area contributed by atoms with Gasteiger partial charge in [0.2, 0.25) is 0 Å². The lowest BCUT2D eigenvalue weighted by molar-refractivity contribution is 0.102. The highest BCUT2D eigenvalue weighted by molar-refractivity contribution is 5.81. The van der Waals surface area contributed by atoms with Gasteiger partial charge in [-0.25, -0.2) is 4.68 Å². The van der Waals surface area contributed by atoms with Gasteiger partial charge in [-0.3, -0.25) is 24.7 Å². The Morgan fingerprint density at radius 3 is 2.59 bits per heavy atom. The van der Waals surface area contributed by atoms with Gasteiger partial charge in [0.05, 0.1) is 62.5 Å². The fraction of sp³-hybridized carbons (Fsp3) is 0.185. The van der Waals surface area contributed by atoms with Gasteiger partial charge < -0.3 is 18.8 Å². The number of methoxy groups -OCH3 is 2. The van der Waals surface area contributed by atoms with Gasteiger partial charge in [-0.1, -0.05) is 24.3 Å². The smallest absolute Gasteiger partial charge is 0.281 e. The summed E-state index contributed by atoms with van der Waals surface area (Å²) in [5.74, 6) is 1.23. The summed E-state index contributed by atoms with van der Waals surface area (Å²) >= 11 is 0. The SMILES string of the molecule is COc1cccc(COCc2c3c(=O)n(-c4ccccc4OC)[nH]c3cc(=O)n2Cc2cnccn2)c1. The monoisotopic (exact) mass is 499 g/mol. The number of pyridine rings is 1. The zero-order valence-electron chi connectivity index (χ0n) is 20.4. The van der Waals surface area contributed by atoms with Gasteiger partial charge in [0, 0.05) is 18.5 Å². The third-order valence-electron chi connectivity index (χ3n) is 5.97. The molecule has 188 valence electrons. The molecule has 0 saturated carbocycles. The number of hydrogen-bond acceptors (Lipinski definition) is 7. The van der Waals surface area contributed by atoms with Crippen molar-refractivity contribution < 1.29 is 14.2 Å². The zero-order chi connectivity index (χ0) is 25.8. The minimum atomic E-state index is -0.327. The first-order valence-corrected chi connectivity index (χ1v) is 11.6. The van der Waals surface area contributed by atoms with Crippen LogP contribution in [0.4, 0.5) is 0 Å². The Morgan fingerprint density at radius 1 is 0.946 bits per heavy atom. The highest BCUT2D eigenvalue weighted by Crippen LogP contribution is 2.23. The second kappa shape index (κ2) is 10.5. The fourth-order valence-electron chi connectivity index (χ4n) is 4.22. The maximum Gasteiger partial charge on any atom is 0.281 e. The van der Waals surface area contributed by atoms with Crippen LogP contribution in [0.25, 0.3) is 16.6 Å². The van der Waals surface area contributed by atoms with Crippen LogP contribution in [0.2, 0.25) is 0 Å². The van der Waals surface area contributed by atoms with Gasteiger partial charge in [0.1, 0.15) is 17.2 Å². The Kier molecular flexibility index (Phi) is 6.82. The molecule has 10 nitrogen and oxygen atoms in total. The molecule has 0 radical (unpaired) electrons. The molecule has 0 fully saturated rings. The van der Waals surface area contributed by atoms with E-state index < -0.39 is 0 Å². The van der Waals surface area contributed by atoms with Crippen molar-refractivity contribution in [1.82, 2.24) is 24.3 Å². The van der Waals surface area contributed by atoms with E-state index in [4.69, 9.17) is 14.2 Å². The van der Waals surface area contributed by atoms with E-state index in [1.165, 1.54) is 22.4 Å². The van der Waals surface area contributed by atoms with Gasteiger partial charge in [0.25, 0.3) is 11.1 Å². The van der Waals surface area contributed by atoms with Gasteiger partial charge in [-0.15, -0.1) is 0 Å². The van der Waals surface area contributed by atoms with Crippen molar-refractivity contribution in [3.8, 4) is 17.2 Å². The second-order valence-corrected chi connectivity index (χ2v) is 8.27. The summed E-state index contributed by atoms with van der Waals surface area (Å²) in [4.78, 5) is 35.3. The first-order chi connectivity index (χ1) is 18.1. The number of hydrogen-bond donors (Lipinski definition) is 1. The maximum atomic E-state index is 13.7. The normalized spacial score (nSPS) is 11.1. The van der Waals surface area contributed by atoms with Crippen molar-refractivity contribution in [1.29, 1.82) is 0 Å². The van der Waals surface area contributed by atoms with E-state index in [1.807, 2.05) is 30.3 Å². The number of benzene rings is 2. The molecule has 0 aliphatic carbocycles. The van der Waals surface area contributed by atoms with Crippen LogP contribution in [0.15, 0.2) is 82.8 Å². The van der Waals surface area contributed by atoms with E-state index in [-0.39, 0.29) is 30.9 Å². The minimum absolute atomic E-state index is 0.0169. The van der Waals surface area contributed by atoms with Crippen molar-refractivity contribution in [2.75, 3.05) is 14.2 Å². The Bertz CT molecular complexity index is 1660. The summed E-state index contributed by atoms with van der Waals surface area (Å²) < 4.78 is 19.6. The first-order valence-electron chi connectivity index (χ1n) is 11.6. The van der Waals surface area contributed by atoms with Crippen LogP contribution < -0.4 is 20.6 Å². The van der Waals surface area contributed by atoms with Crippen molar-refractivity contribution in [2.45, 2.75) is 19.8 Å². The third-order valence-corrected chi connectivity index (χ3v) is 5.97. The van der Waals surface area contributed by atoms with Crippen LogP contribution >= 0.6 is 0 Å². The van der Waals surface area contributed by atoms with Gasteiger partial charge in [0.15, 0.2) is 0 Å². The molecule has 0 spiro atoms. The van der Waals surface area contributed by atoms with Crippen LogP contribution in [-0.4, -0.2) is 38.5 Å². The highest BCUT2D eigenvalue weighted by Gasteiger charge is 2.20. The summed E-state index contributed by atoms with van der Waals surface area (Å²) in [6, 6.07) is 16.1. The third kappa shape index (κ3) is 4.87. The molecule has 3 heterocycles. The summed E-state index contributed by atoms with van der Waals surface area (Å²) in [7, 11) is 3.14.